The molecule has 120 valence electrons. The highest BCUT2D eigenvalue weighted by atomic mass is 16.6. The van der Waals surface area contributed by atoms with Crippen LogP contribution in [0.3, 0.4) is 0 Å². The number of carbonyl (C=O) groups is 3. The zero-order valence-electron chi connectivity index (χ0n) is 12.8. The normalized spacial score (nSPS) is 20.4. The lowest BCUT2D eigenvalue weighted by Gasteiger charge is -2.30. The summed E-state index contributed by atoms with van der Waals surface area (Å²) in [6.07, 6.45) is 1.53. The quantitative estimate of drug-likeness (QED) is 0.622. The molecule has 0 radical (unpaired) electrons. The van der Waals surface area contributed by atoms with Crippen molar-refractivity contribution in [2.75, 3.05) is 7.11 Å². The van der Waals surface area contributed by atoms with Crippen LogP contribution >= 0.6 is 0 Å². The Bertz CT molecular complexity index is 649. The molecular formula is C17H17NO5. The highest BCUT2D eigenvalue weighted by Gasteiger charge is 2.55. The summed E-state index contributed by atoms with van der Waals surface area (Å²) in [5.41, 5.74) is -0.672. The van der Waals surface area contributed by atoms with Gasteiger partial charge in [0.05, 0.1) is 18.7 Å². The highest BCUT2D eigenvalue weighted by Crippen LogP contribution is 2.36. The van der Waals surface area contributed by atoms with Crippen molar-refractivity contribution in [2.24, 2.45) is 5.41 Å². The number of esters is 2. The fraction of sp³-hybridized carbons (Fsp3) is 0.412. The Kier molecular flexibility index (Phi) is 5.12. The Balaban J connectivity index is 2.13. The molecule has 0 N–H and O–H groups in total. The highest BCUT2D eigenvalue weighted by molar-refractivity contribution is 6.20. The van der Waals surface area contributed by atoms with E-state index in [0.717, 1.165) is 7.11 Å². The standard InChI is InChI=1S/C17H17NO5/c1-22-15(20)17(9-3-2-4-14(17)19)16(21)23-11-13-7-5-12(10-18)6-8-13/h5-8H,2-4,9,11H2,1H3. The first-order chi connectivity index (χ1) is 11.0. The second-order valence-corrected chi connectivity index (χ2v) is 5.41. The molecule has 6 nitrogen and oxygen atoms in total. The Labute approximate surface area is 134 Å². The first-order valence-corrected chi connectivity index (χ1v) is 7.32. The molecule has 0 aromatic heterocycles. The molecule has 1 aliphatic carbocycles. The molecular weight excluding hydrogens is 298 g/mol. The molecule has 1 saturated carbocycles. The van der Waals surface area contributed by atoms with Gasteiger partial charge in [-0.3, -0.25) is 14.4 Å². The second kappa shape index (κ2) is 7.05. The average molecular weight is 315 g/mol. The molecule has 1 aromatic rings. The number of ketones is 1. The molecule has 1 atom stereocenters. The van der Waals surface area contributed by atoms with Crippen molar-refractivity contribution in [3.63, 3.8) is 0 Å². The number of hydrogen-bond acceptors (Lipinski definition) is 6. The summed E-state index contributed by atoms with van der Waals surface area (Å²) in [5.74, 6) is -2.16. The van der Waals surface area contributed by atoms with Gasteiger partial charge >= 0.3 is 11.9 Å². The Morgan fingerprint density at radius 3 is 2.48 bits per heavy atom. The van der Waals surface area contributed by atoms with Gasteiger partial charge in [0.2, 0.25) is 5.41 Å². The van der Waals surface area contributed by atoms with Gasteiger partial charge in [-0.1, -0.05) is 18.6 Å². The lowest BCUT2D eigenvalue weighted by molar-refractivity contribution is -0.176. The smallest absolute Gasteiger partial charge is 0.331 e. The zero-order valence-corrected chi connectivity index (χ0v) is 12.8. The van der Waals surface area contributed by atoms with Crippen LogP contribution in [0, 0.1) is 16.7 Å². The first-order valence-electron chi connectivity index (χ1n) is 7.32. The van der Waals surface area contributed by atoms with Crippen LogP contribution in [0.1, 0.15) is 36.8 Å². The van der Waals surface area contributed by atoms with Gasteiger partial charge in [0.15, 0.2) is 5.78 Å². The summed E-state index contributed by atoms with van der Waals surface area (Å²) in [5, 5.41) is 8.74. The maximum absolute atomic E-state index is 12.4. The van der Waals surface area contributed by atoms with Gasteiger partial charge in [-0.05, 0) is 30.5 Å². The van der Waals surface area contributed by atoms with Crippen molar-refractivity contribution < 1.29 is 23.9 Å². The molecule has 1 fully saturated rings. The molecule has 1 unspecified atom stereocenters. The lowest BCUT2D eigenvalue weighted by atomic mass is 9.73. The van der Waals surface area contributed by atoms with Gasteiger partial charge in [-0.25, -0.2) is 0 Å². The number of rotatable bonds is 4. The number of ether oxygens (including phenoxy) is 2. The predicted molar refractivity (Wildman–Crippen MR) is 78.9 cm³/mol. The molecule has 0 heterocycles. The molecule has 1 aromatic carbocycles. The van der Waals surface area contributed by atoms with Crippen molar-refractivity contribution >= 4 is 17.7 Å². The van der Waals surface area contributed by atoms with Gasteiger partial charge in [-0.2, -0.15) is 5.26 Å². The van der Waals surface area contributed by atoms with Gasteiger partial charge in [0.25, 0.3) is 0 Å². The van der Waals surface area contributed by atoms with Gasteiger partial charge in [0.1, 0.15) is 6.61 Å². The minimum absolute atomic E-state index is 0.0729. The summed E-state index contributed by atoms with van der Waals surface area (Å²) in [7, 11) is 1.15. The van der Waals surface area contributed by atoms with Crippen molar-refractivity contribution in [1.82, 2.24) is 0 Å². The van der Waals surface area contributed by atoms with E-state index in [9.17, 15) is 14.4 Å². The molecule has 1 aliphatic rings. The van der Waals surface area contributed by atoms with E-state index in [1.54, 1.807) is 24.3 Å². The first kappa shape index (κ1) is 16.7. The SMILES string of the molecule is COC(=O)C1(C(=O)OCc2ccc(C#N)cc2)CCCCC1=O. The molecule has 0 saturated heterocycles. The number of benzene rings is 1. The average Bonchev–Trinajstić information content (AvgIpc) is 2.60. The van der Waals surface area contributed by atoms with Crippen LogP contribution in [0.2, 0.25) is 0 Å². The van der Waals surface area contributed by atoms with E-state index in [4.69, 9.17) is 10.00 Å². The van der Waals surface area contributed by atoms with E-state index < -0.39 is 23.1 Å². The second-order valence-electron chi connectivity index (χ2n) is 5.41. The van der Waals surface area contributed by atoms with E-state index in [-0.39, 0.29) is 19.4 Å². The maximum atomic E-state index is 12.4. The lowest BCUT2D eigenvalue weighted by Crippen LogP contribution is -2.49. The van der Waals surface area contributed by atoms with E-state index >= 15 is 0 Å². The Morgan fingerprint density at radius 1 is 1.22 bits per heavy atom. The number of nitriles is 1. The molecule has 2 rings (SSSR count). The van der Waals surface area contributed by atoms with Gasteiger partial charge in [-0.15, -0.1) is 0 Å². The summed E-state index contributed by atoms with van der Waals surface area (Å²) < 4.78 is 9.86. The largest absolute Gasteiger partial charge is 0.468 e. The molecule has 0 aliphatic heterocycles. The fourth-order valence-corrected chi connectivity index (χ4v) is 2.67. The summed E-state index contributed by atoms with van der Waals surface area (Å²) in [6, 6.07) is 8.50. The van der Waals surface area contributed by atoms with Crippen molar-refractivity contribution in [1.29, 1.82) is 5.26 Å². The Hall–Kier alpha value is -2.68. The number of hydrogen-bond donors (Lipinski definition) is 0. The Morgan fingerprint density at radius 2 is 1.91 bits per heavy atom. The minimum atomic E-state index is -1.83. The molecule has 6 heteroatoms. The maximum Gasteiger partial charge on any atom is 0.331 e. The van der Waals surface area contributed by atoms with Gasteiger partial charge < -0.3 is 9.47 Å². The van der Waals surface area contributed by atoms with E-state index in [1.807, 2.05) is 6.07 Å². The molecule has 0 spiro atoms. The summed E-state index contributed by atoms with van der Waals surface area (Å²) in [4.78, 5) is 36.7. The van der Waals surface area contributed by atoms with Crippen LogP contribution < -0.4 is 0 Å². The molecule has 23 heavy (non-hydrogen) atoms. The predicted octanol–water partition coefficient (Wildman–Crippen LogP) is 1.90. The molecule has 0 bridgehead atoms. The number of carbonyl (C=O) groups excluding carboxylic acids is 3. The molecule has 0 amide bonds. The summed E-state index contributed by atoms with van der Waals surface area (Å²) in [6.45, 7) is -0.0729. The third-order valence-electron chi connectivity index (χ3n) is 4.02. The van der Waals surface area contributed by atoms with E-state index in [0.29, 0.717) is 24.0 Å². The number of nitrogens with zero attached hydrogens (tertiary/aromatic N) is 1. The topological polar surface area (TPSA) is 93.5 Å². The van der Waals surface area contributed by atoms with Gasteiger partial charge in [0, 0.05) is 6.42 Å². The van der Waals surface area contributed by atoms with Crippen LogP contribution in [0.25, 0.3) is 0 Å². The van der Waals surface area contributed by atoms with Crippen molar-refractivity contribution in [2.45, 2.75) is 32.3 Å². The fourth-order valence-electron chi connectivity index (χ4n) is 2.67. The van der Waals surface area contributed by atoms with Crippen LogP contribution in [-0.4, -0.2) is 24.8 Å². The number of Topliss-reactive ketones (excluding diaryl/α,β-unsaturated/α-hetero) is 1. The third kappa shape index (κ3) is 3.24. The summed E-state index contributed by atoms with van der Waals surface area (Å²) >= 11 is 0. The van der Waals surface area contributed by atoms with E-state index in [1.165, 1.54) is 0 Å². The van der Waals surface area contributed by atoms with Crippen molar-refractivity contribution in [3.05, 3.63) is 35.4 Å². The van der Waals surface area contributed by atoms with Crippen LogP contribution in [0.5, 0.6) is 0 Å². The van der Waals surface area contributed by atoms with Crippen molar-refractivity contribution in [3.8, 4) is 6.07 Å². The zero-order chi connectivity index (χ0) is 16.9. The van der Waals surface area contributed by atoms with Crippen LogP contribution in [0.4, 0.5) is 0 Å². The monoisotopic (exact) mass is 315 g/mol. The van der Waals surface area contributed by atoms with Crippen LogP contribution in [0.15, 0.2) is 24.3 Å². The van der Waals surface area contributed by atoms with E-state index in [2.05, 4.69) is 4.74 Å². The van der Waals surface area contributed by atoms with Crippen LogP contribution in [-0.2, 0) is 30.5 Å². The number of methoxy groups -OCH3 is 1. The minimum Gasteiger partial charge on any atom is -0.468 e. The third-order valence-corrected chi connectivity index (χ3v) is 4.02.